The largest absolute Gasteiger partial charge is 0.459 e. The molecule has 0 saturated heterocycles. The van der Waals surface area contributed by atoms with E-state index in [1.807, 2.05) is 34.6 Å². The Morgan fingerprint density at radius 2 is 1.88 bits per heavy atom. The molecule has 4 heteroatoms. The van der Waals surface area contributed by atoms with Crippen molar-refractivity contribution in [3.63, 3.8) is 0 Å². The molecule has 0 aliphatic rings. The maximum absolute atomic E-state index is 11.6. The van der Waals surface area contributed by atoms with E-state index in [1.54, 1.807) is 6.92 Å². The monoisotopic (exact) mass is 231 g/mol. The number of rotatable bonds is 6. The zero-order valence-electron chi connectivity index (χ0n) is 11.3. The van der Waals surface area contributed by atoms with Gasteiger partial charge in [0.05, 0.1) is 6.61 Å². The van der Waals surface area contributed by atoms with Crippen LogP contribution in [0.4, 0.5) is 0 Å². The van der Waals surface area contributed by atoms with Crippen molar-refractivity contribution in [1.29, 1.82) is 0 Å². The predicted octanol–water partition coefficient (Wildman–Crippen LogP) is 1.73. The third-order valence-electron chi connectivity index (χ3n) is 1.87. The van der Waals surface area contributed by atoms with Crippen LogP contribution in [-0.2, 0) is 14.3 Å². The average molecular weight is 231 g/mol. The van der Waals surface area contributed by atoms with Gasteiger partial charge in [0.1, 0.15) is 11.6 Å². The number of ether oxygens (including phenoxy) is 2. The number of carbonyl (C=O) groups excluding carboxylic acids is 1. The van der Waals surface area contributed by atoms with Crippen LogP contribution in [0.15, 0.2) is 0 Å². The molecule has 0 saturated carbocycles. The van der Waals surface area contributed by atoms with Gasteiger partial charge in [0, 0.05) is 12.6 Å². The molecule has 0 aromatic rings. The van der Waals surface area contributed by atoms with Crippen LogP contribution in [0.2, 0.25) is 0 Å². The Bertz CT molecular complexity index is 211. The smallest absolute Gasteiger partial charge is 0.323 e. The highest BCUT2D eigenvalue weighted by Crippen LogP contribution is 2.08. The van der Waals surface area contributed by atoms with Gasteiger partial charge in [-0.15, -0.1) is 0 Å². The quantitative estimate of drug-likeness (QED) is 0.707. The summed E-state index contributed by atoms with van der Waals surface area (Å²) in [7, 11) is 0. The Balaban J connectivity index is 3.95. The van der Waals surface area contributed by atoms with E-state index in [1.165, 1.54) is 0 Å². The van der Waals surface area contributed by atoms with Crippen molar-refractivity contribution in [1.82, 2.24) is 5.32 Å². The molecule has 0 spiro atoms. The summed E-state index contributed by atoms with van der Waals surface area (Å²) >= 11 is 0. The lowest BCUT2D eigenvalue weighted by atomic mass is 10.2. The lowest BCUT2D eigenvalue weighted by molar-refractivity contribution is -0.157. The highest BCUT2D eigenvalue weighted by Gasteiger charge is 2.22. The Kier molecular flexibility index (Phi) is 6.60. The minimum atomic E-state index is -0.434. The first-order chi connectivity index (χ1) is 7.26. The summed E-state index contributed by atoms with van der Waals surface area (Å²) in [5.74, 6) is -0.226. The van der Waals surface area contributed by atoms with Crippen molar-refractivity contribution in [3.05, 3.63) is 0 Å². The maximum Gasteiger partial charge on any atom is 0.323 e. The molecule has 0 aromatic heterocycles. The number of esters is 1. The summed E-state index contributed by atoms with van der Waals surface area (Å²) in [6.07, 6.45) is 0. The van der Waals surface area contributed by atoms with Gasteiger partial charge in [-0.2, -0.15) is 0 Å². The first-order valence-electron chi connectivity index (χ1n) is 5.83. The fourth-order valence-electron chi connectivity index (χ4n) is 1.23. The number of hydrogen-bond acceptors (Lipinski definition) is 4. The van der Waals surface area contributed by atoms with E-state index in [2.05, 4.69) is 5.32 Å². The molecular formula is C12H25NO3. The van der Waals surface area contributed by atoms with Crippen molar-refractivity contribution in [3.8, 4) is 0 Å². The van der Waals surface area contributed by atoms with E-state index in [4.69, 9.17) is 9.47 Å². The summed E-state index contributed by atoms with van der Waals surface area (Å²) in [5, 5.41) is 3.14. The lowest BCUT2D eigenvalue weighted by Crippen LogP contribution is -2.44. The van der Waals surface area contributed by atoms with Gasteiger partial charge in [-0.3, -0.25) is 10.1 Å². The van der Waals surface area contributed by atoms with E-state index in [-0.39, 0.29) is 18.1 Å². The molecule has 16 heavy (non-hydrogen) atoms. The lowest BCUT2D eigenvalue weighted by Gasteiger charge is -2.24. The van der Waals surface area contributed by atoms with Crippen molar-refractivity contribution < 1.29 is 14.3 Å². The molecule has 4 nitrogen and oxygen atoms in total. The van der Waals surface area contributed by atoms with Gasteiger partial charge >= 0.3 is 5.97 Å². The van der Waals surface area contributed by atoms with Crippen LogP contribution in [0.1, 0.15) is 41.5 Å². The Morgan fingerprint density at radius 1 is 1.31 bits per heavy atom. The van der Waals surface area contributed by atoms with Crippen molar-refractivity contribution in [2.45, 2.75) is 59.2 Å². The third kappa shape index (κ3) is 7.65. The van der Waals surface area contributed by atoms with Crippen LogP contribution < -0.4 is 5.32 Å². The van der Waals surface area contributed by atoms with E-state index >= 15 is 0 Å². The molecule has 1 N–H and O–H groups in total. The van der Waals surface area contributed by atoms with E-state index < -0.39 is 5.60 Å². The van der Waals surface area contributed by atoms with Crippen LogP contribution in [-0.4, -0.2) is 36.9 Å². The maximum atomic E-state index is 11.6. The van der Waals surface area contributed by atoms with Crippen molar-refractivity contribution in [2.24, 2.45) is 0 Å². The Morgan fingerprint density at radius 3 is 2.31 bits per heavy atom. The molecule has 0 rings (SSSR count). The first kappa shape index (κ1) is 15.4. The fourth-order valence-corrected chi connectivity index (χ4v) is 1.23. The Hall–Kier alpha value is -0.610. The SMILES string of the molecule is CCOCC(C)N[C@H](C)C(=O)OC(C)(C)C. The summed E-state index contributed by atoms with van der Waals surface area (Å²) in [6.45, 7) is 12.6. The van der Waals surface area contributed by atoms with Gasteiger partial charge < -0.3 is 9.47 Å². The standard InChI is InChI=1S/C12H25NO3/c1-7-15-8-9(2)13-10(3)11(14)16-12(4,5)6/h9-10,13H,7-8H2,1-6H3/t9?,10-/m1/s1. The molecule has 0 radical (unpaired) electrons. The summed E-state index contributed by atoms with van der Waals surface area (Å²) in [6, 6.07) is -0.169. The van der Waals surface area contributed by atoms with Crippen LogP contribution in [0.5, 0.6) is 0 Å². The number of hydrogen-bond donors (Lipinski definition) is 1. The molecule has 0 heterocycles. The zero-order valence-corrected chi connectivity index (χ0v) is 11.3. The number of carbonyl (C=O) groups is 1. The molecule has 2 atom stereocenters. The van der Waals surface area contributed by atoms with E-state index in [0.717, 1.165) is 0 Å². The van der Waals surface area contributed by atoms with Gasteiger partial charge in [0.25, 0.3) is 0 Å². The van der Waals surface area contributed by atoms with Gasteiger partial charge in [-0.25, -0.2) is 0 Å². The fraction of sp³-hybridized carbons (Fsp3) is 0.917. The second-order valence-electron chi connectivity index (χ2n) is 4.98. The minimum absolute atomic E-state index is 0.141. The van der Waals surface area contributed by atoms with Crippen LogP contribution in [0.25, 0.3) is 0 Å². The summed E-state index contributed by atoms with van der Waals surface area (Å²) in [4.78, 5) is 11.6. The van der Waals surface area contributed by atoms with Gasteiger partial charge in [-0.1, -0.05) is 0 Å². The molecule has 0 aromatic carbocycles. The normalized spacial score (nSPS) is 15.6. The van der Waals surface area contributed by atoms with E-state index in [0.29, 0.717) is 13.2 Å². The predicted molar refractivity (Wildman–Crippen MR) is 64.4 cm³/mol. The first-order valence-corrected chi connectivity index (χ1v) is 5.83. The molecule has 0 aliphatic heterocycles. The molecule has 96 valence electrons. The van der Waals surface area contributed by atoms with Gasteiger partial charge in [-0.05, 0) is 41.5 Å². The highest BCUT2D eigenvalue weighted by atomic mass is 16.6. The molecular weight excluding hydrogens is 206 g/mol. The molecule has 0 amide bonds. The topological polar surface area (TPSA) is 47.6 Å². The second kappa shape index (κ2) is 6.86. The molecule has 0 fully saturated rings. The number of nitrogens with one attached hydrogen (secondary N) is 1. The van der Waals surface area contributed by atoms with E-state index in [9.17, 15) is 4.79 Å². The summed E-state index contributed by atoms with van der Waals surface area (Å²) < 4.78 is 10.5. The molecule has 1 unspecified atom stereocenters. The summed E-state index contributed by atoms with van der Waals surface area (Å²) in [5.41, 5.74) is -0.434. The van der Waals surface area contributed by atoms with Crippen molar-refractivity contribution in [2.75, 3.05) is 13.2 Å². The second-order valence-corrected chi connectivity index (χ2v) is 4.98. The minimum Gasteiger partial charge on any atom is -0.459 e. The average Bonchev–Trinajstić information content (AvgIpc) is 2.11. The Labute approximate surface area is 98.7 Å². The zero-order chi connectivity index (χ0) is 12.8. The highest BCUT2D eigenvalue weighted by molar-refractivity contribution is 5.75. The van der Waals surface area contributed by atoms with Gasteiger partial charge in [0.15, 0.2) is 0 Å². The third-order valence-corrected chi connectivity index (χ3v) is 1.87. The van der Waals surface area contributed by atoms with Crippen LogP contribution >= 0.6 is 0 Å². The molecule has 0 aliphatic carbocycles. The molecule has 0 bridgehead atoms. The van der Waals surface area contributed by atoms with Crippen LogP contribution in [0.3, 0.4) is 0 Å². The van der Waals surface area contributed by atoms with Gasteiger partial charge in [0.2, 0.25) is 0 Å². The van der Waals surface area contributed by atoms with Crippen LogP contribution in [0, 0.1) is 0 Å². The van der Waals surface area contributed by atoms with Crippen molar-refractivity contribution >= 4 is 5.97 Å².